The number of hydrogen-bond acceptors (Lipinski definition) is 6. The van der Waals surface area contributed by atoms with Gasteiger partial charge in [0.15, 0.2) is 0 Å². The van der Waals surface area contributed by atoms with Gasteiger partial charge in [0.2, 0.25) is 0 Å². The van der Waals surface area contributed by atoms with E-state index in [2.05, 4.69) is 13.8 Å². The summed E-state index contributed by atoms with van der Waals surface area (Å²) in [5.41, 5.74) is 1.54. The van der Waals surface area contributed by atoms with E-state index in [1.165, 1.54) is 20.1 Å². The molecule has 0 radical (unpaired) electrons. The lowest BCUT2D eigenvalue weighted by Gasteiger charge is -2.38. The van der Waals surface area contributed by atoms with E-state index in [4.69, 9.17) is 14.2 Å². The summed E-state index contributed by atoms with van der Waals surface area (Å²) in [6.45, 7) is 7.21. The second-order valence-electron chi connectivity index (χ2n) is 7.65. The Morgan fingerprint density at radius 2 is 2.00 bits per heavy atom. The van der Waals surface area contributed by atoms with Crippen LogP contribution in [0.1, 0.15) is 34.1 Å². The molecule has 136 valence electrons. The van der Waals surface area contributed by atoms with Crippen molar-refractivity contribution in [1.82, 2.24) is 0 Å². The minimum absolute atomic E-state index is 0.0589. The Morgan fingerprint density at radius 3 is 2.60 bits per heavy atom. The highest BCUT2D eigenvalue weighted by molar-refractivity contribution is 5.75. The van der Waals surface area contributed by atoms with Crippen molar-refractivity contribution in [2.75, 3.05) is 6.61 Å². The summed E-state index contributed by atoms with van der Waals surface area (Å²) in [6.07, 6.45) is 4.28. The van der Waals surface area contributed by atoms with E-state index in [1.807, 2.05) is 6.08 Å². The molecule has 6 nitrogen and oxygen atoms in total. The fraction of sp³-hybridized carbons (Fsp3) is 0.632. The van der Waals surface area contributed by atoms with Gasteiger partial charge in [0.05, 0.1) is 12.2 Å². The predicted octanol–water partition coefficient (Wildman–Crippen LogP) is 2.39. The highest BCUT2D eigenvalue weighted by Crippen LogP contribution is 2.68. The summed E-state index contributed by atoms with van der Waals surface area (Å²) < 4.78 is 16.2. The van der Waals surface area contributed by atoms with Crippen LogP contribution in [0.25, 0.3) is 0 Å². The second kappa shape index (κ2) is 6.32. The van der Waals surface area contributed by atoms with Gasteiger partial charge in [0, 0.05) is 25.3 Å². The summed E-state index contributed by atoms with van der Waals surface area (Å²) in [5.74, 6) is -0.512. The van der Waals surface area contributed by atoms with Crippen LogP contribution in [0, 0.1) is 29.1 Å². The lowest BCUT2D eigenvalue weighted by Crippen LogP contribution is -2.41. The number of ether oxygens (including phenoxy) is 3. The number of allylic oxidation sites excluding steroid dienone is 1. The van der Waals surface area contributed by atoms with Crippen molar-refractivity contribution in [3.05, 3.63) is 23.5 Å². The third kappa shape index (κ3) is 3.10. The number of fused-ring (bicyclic) bond motifs is 3. The SMILES string of the molecule is CC(=O)OCC1=CO[C@H](OC(C)=O)[C@H]2C(C=O)=CC[C@H]3[C@@H]([C@@H]12)C3(C)C. The molecule has 0 aromatic carbocycles. The molecule has 1 fully saturated rings. The van der Waals surface area contributed by atoms with Crippen LogP contribution in [-0.4, -0.2) is 31.1 Å². The third-order valence-electron chi connectivity index (χ3n) is 5.84. The minimum atomic E-state index is -0.838. The summed E-state index contributed by atoms with van der Waals surface area (Å²) in [4.78, 5) is 34.4. The summed E-state index contributed by atoms with van der Waals surface area (Å²) in [7, 11) is 0. The van der Waals surface area contributed by atoms with E-state index in [-0.39, 0.29) is 29.8 Å². The van der Waals surface area contributed by atoms with Crippen molar-refractivity contribution in [2.45, 2.75) is 40.4 Å². The Balaban J connectivity index is 1.99. The standard InChI is InChI=1S/C19H24O6/c1-10(21)23-8-13-9-24-18(25-11(2)22)16-12(7-20)5-6-14-17(15(13)16)19(14,3)4/h5,7,9,14-18H,6,8H2,1-4H3/t14-,15-,16-,17-,18+/m0/s1. The first-order valence-corrected chi connectivity index (χ1v) is 8.57. The van der Waals surface area contributed by atoms with Crippen LogP contribution in [0.5, 0.6) is 0 Å². The average molecular weight is 348 g/mol. The second-order valence-corrected chi connectivity index (χ2v) is 7.65. The zero-order valence-corrected chi connectivity index (χ0v) is 15.0. The maximum absolute atomic E-state index is 11.7. The summed E-state index contributed by atoms with van der Waals surface area (Å²) in [5, 5.41) is 0. The van der Waals surface area contributed by atoms with Gasteiger partial charge in [-0.05, 0) is 29.2 Å². The number of aldehydes is 1. The molecular formula is C19H24O6. The first-order valence-electron chi connectivity index (χ1n) is 8.57. The van der Waals surface area contributed by atoms with Crippen molar-refractivity contribution in [3.63, 3.8) is 0 Å². The highest BCUT2D eigenvalue weighted by Gasteiger charge is 2.65. The van der Waals surface area contributed by atoms with Crippen LogP contribution in [0.2, 0.25) is 0 Å². The van der Waals surface area contributed by atoms with Crippen molar-refractivity contribution >= 4 is 18.2 Å². The van der Waals surface area contributed by atoms with Gasteiger partial charge in [-0.25, -0.2) is 0 Å². The molecule has 0 unspecified atom stereocenters. The first kappa shape index (κ1) is 17.7. The third-order valence-corrected chi connectivity index (χ3v) is 5.84. The Bertz CT molecular complexity index is 659. The molecule has 0 spiro atoms. The number of rotatable bonds is 4. The maximum atomic E-state index is 11.7. The summed E-state index contributed by atoms with van der Waals surface area (Å²) in [6, 6.07) is 0. The van der Waals surface area contributed by atoms with Crippen molar-refractivity contribution in [2.24, 2.45) is 29.1 Å². The van der Waals surface area contributed by atoms with Crippen molar-refractivity contribution in [3.8, 4) is 0 Å². The molecule has 1 saturated carbocycles. The van der Waals surface area contributed by atoms with Crippen LogP contribution in [0.4, 0.5) is 0 Å². The van der Waals surface area contributed by atoms with Gasteiger partial charge in [0.25, 0.3) is 6.29 Å². The predicted molar refractivity (Wildman–Crippen MR) is 87.9 cm³/mol. The topological polar surface area (TPSA) is 78.9 Å². The van der Waals surface area contributed by atoms with Crippen molar-refractivity contribution < 1.29 is 28.6 Å². The Kier molecular flexibility index (Phi) is 4.47. The molecule has 0 aromatic rings. The molecule has 0 N–H and O–H groups in total. The highest BCUT2D eigenvalue weighted by atomic mass is 16.7. The normalized spacial score (nSPS) is 34.8. The Hall–Kier alpha value is -2.11. The quantitative estimate of drug-likeness (QED) is 0.573. The number of esters is 2. The average Bonchev–Trinajstić information content (AvgIpc) is 3.13. The van der Waals surface area contributed by atoms with Gasteiger partial charge in [-0.3, -0.25) is 14.4 Å². The molecule has 5 atom stereocenters. The van der Waals surface area contributed by atoms with Crippen LogP contribution in [-0.2, 0) is 28.6 Å². The van der Waals surface area contributed by atoms with Gasteiger partial charge in [-0.2, -0.15) is 0 Å². The number of carbonyl (C=O) groups excluding carboxylic acids is 3. The van der Waals surface area contributed by atoms with E-state index in [0.717, 1.165) is 18.3 Å². The van der Waals surface area contributed by atoms with Crippen LogP contribution in [0.3, 0.4) is 0 Å². The van der Waals surface area contributed by atoms with Crippen LogP contribution >= 0.6 is 0 Å². The van der Waals surface area contributed by atoms with E-state index < -0.39 is 12.3 Å². The maximum Gasteiger partial charge on any atom is 0.305 e. The fourth-order valence-electron chi connectivity index (χ4n) is 4.59. The van der Waals surface area contributed by atoms with Gasteiger partial charge in [-0.1, -0.05) is 19.9 Å². The Morgan fingerprint density at radius 1 is 1.28 bits per heavy atom. The van der Waals surface area contributed by atoms with Crippen LogP contribution in [0.15, 0.2) is 23.5 Å². The van der Waals surface area contributed by atoms with Gasteiger partial charge >= 0.3 is 11.9 Å². The van der Waals surface area contributed by atoms with Gasteiger partial charge in [-0.15, -0.1) is 0 Å². The molecule has 0 amide bonds. The molecule has 3 aliphatic rings. The minimum Gasteiger partial charge on any atom is -0.462 e. The van der Waals surface area contributed by atoms with E-state index in [1.54, 1.807) is 0 Å². The molecule has 3 rings (SSSR count). The first-order chi connectivity index (χ1) is 11.8. The molecule has 2 aliphatic carbocycles. The zero-order valence-electron chi connectivity index (χ0n) is 15.0. The monoisotopic (exact) mass is 348 g/mol. The van der Waals surface area contributed by atoms with Crippen LogP contribution < -0.4 is 0 Å². The lowest BCUT2D eigenvalue weighted by molar-refractivity contribution is -0.181. The smallest absolute Gasteiger partial charge is 0.305 e. The fourth-order valence-corrected chi connectivity index (χ4v) is 4.59. The van der Waals surface area contributed by atoms with Gasteiger partial charge < -0.3 is 14.2 Å². The number of carbonyl (C=O) groups is 3. The number of hydrogen-bond donors (Lipinski definition) is 0. The molecule has 0 bridgehead atoms. The molecule has 1 heterocycles. The molecule has 0 aromatic heterocycles. The lowest BCUT2D eigenvalue weighted by atomic mass is 9.75. The van der Waals surface area contributed by atoms with E-state index in [9.17, 15) is 14.4 Å². The molecular weight excluding hydrogens is 324 g/mol. The van der Waals surface area contributed by atoms with E-state index in [0.29, 0.717) is 17.4 Å². The molecule has 6 heteroatoms. The Labute approximate surface area is 147 Å². The molecule has 0 saturated heterocycles. The van der Waals surface area contributed by atoms with E-state index >= 15 is 0 Å². The molecule has 1 aliphatic heterocycles. The molecule has 25 heavy (non-hydrogen) atoms. The van der Waals surface area contributed by atoms with Crippen molar-refractivity contribution in [1.29, 1.82) is 0 Å². The largest absolute Gasteiger partial charge is 0.462 e. The summed E-state index contributed by atoms with van der Waals surface area (Å²) >= 11 is 0. The zero-order chi connectivity index (χ0) is 18.4. The van der Waals surface area contributed by atoms with Gasteiger partial charge in [0.1, 0.15) is 12.9 Å².